The highest BCUT2D eigenvalue weighted by molar-refractivity contribution is 9.10. The van der Waals surface area contributed by atoms with Crippen molar-refractivity contribution in [2.45, 2.75) is 44.9 Å². The number of rotatable bonds is 4. The number of fused-ring (bicyclic) bond motifs is 1. The summed E-state index contributed by atoms with van der Waals surface area (Å²) in [5.74, 6) is 0.886. The van der Waals surface area contributed by atoms with E-state index in [1.165, 1.54) is 16.6 Å². The summed E-state index contributed by atoms with van der Waals surface area (Å²) >= 11 is 6.50. The largest absolute Gasteiger partial charge is 0.316 e. The molecule has 142 valence electrons. The van der Waals surface area contributed by atoms with Crippen molar-refractivity contribution in [3.8, 4) is 6.07 Å². The van der Waals surface area contributed by atoms with E-state index in [1.807, 2.05) is 24.3 Å². The highest BCUT2D eigenvalue weighted by Gasteiger charge is 2.32. The number of carbonyl (C=O) groups excluding carboxylic acids is 1. The predicted octanol–water partition coefficient (Wildman–Crippen LogP) is 6.26. The minimum absolute atomic E-state index is 0.0645. The molecule has 1 aromatic carbocycles. The molecule has 1 atom stereocenters. The minimum atomic E-state index is -0.0645. The van der Waals surface area contributed by atoms with Crippen molar-refractivity contribution in [3.05, 3.63) is 44.7 Å². The molecule has 0 unspecified atom stereocenters. The third-order valence-corrected chi connectivity index (χ3v) is 7.75. The maximum Gasteiger partial charge on any atom is 0.235 e. The molecule has 1 aromatic heterocycles. The Bertz CT molecular complexity index is 875. The molecule has 1 amide bonds. The van der Waals surface area contributed by atoms with Crippen molar-refractivity contribution in [1.82, 2.24) is 0 Å². The molecule has 2 aromatic rings. The lowest BCUT2D eigenvalue weighted by molar-refractivity contribution is -0.113. The molecule has 3 nitrogen and oxygen atoms in total. The van der Waals surface area contributed by atoms with Gasteiger partial charge in [-0.1, -0.05) is 36.7 Å². The second kappa shape index (κ2) is 8.38. The van der Waals surface area contributed by atoms with E-state index in [0.29, 0.717) is 17.2 Å². The molecule has 0 saturated heterocycles. The summed E-state index contributed by atoms with van der Waals surface area (Å²) in [7, 11) is 0. The van der Waals surface area contributed by atoms with Gasteiger partial charge in [0, 0.05) is 14.2 Å². The fraction of sp³-hybridized carbons (Fsp3) is 0.429. The molecule has 0 spiro atoms. The second-order valence-corrected chi connectivity index (χ2v) is 11.0. The molecular weight excluding hydrogens is 440 g/mol. The van der Waals surface area contributed by atoms with Gasteiger partial charge in [0.1, 0.15) is 11.1 Å². The number of halogens is 1. The molecule has 0 aliphatic heterocycles. The molecule has 1 heterocycles. The minimum Gasteiger partial charge on any atom is -0.316 e. The Morgan fingerprint density at radius 1 is 1.37 bits per heavy atom. The van der Waals surface area contributed by atoms with Crippen molar-refractivity contribution in [1.29, 1.82) is 5.26 Å². The Morgan fingerprint density at radius 2 is 2.07 bits per heavy atom. The summed E-state index contributed by atoms with van der Waals surface area (Å²) in [6.45, 7) is 6.84. The monoisotopic (exact) mass is 462 g/mol. The van der Waals surface area contributed by atoms with Crippen molar-refractivity contribution in [2.75, 3.05) is 11.1 Å². The zero-order chi connectivity index (χ0) is 19.6. The second-order valence-electron chi connectivity index (χ2n) is 7.92. The van der Waals surface area contributed by atoms with E-state index in [1.54, 1.807) is 11.3 Å². The summed E-state index contributed by atoms with van der Waals surface area (Å²) in [4.78, 5) is 14.7. The molecule has 0 fully saturated rings. The summed E-state index contributed by atoms with van der Waals surface area (Å²) in [5, 5.41) is 13.3. The van der Waals surface area contributed by atoms with Crippen molar-refractivity contribution < 1.29 is 4.79 Å². The fourth-order valence-corrected chi connectivity index (χ4v) is 5.63. The summed E-state index contributed by atoms with van der Waals surface area (Å²) in [5.41, 5.74) is 2.09. The van der Waals surface area contributed by atoms with Crippen LogP contribution in [0, 0.1) is 22.7 Å². The van der Waals surface area contributed by atoms with Crippen LogP contribution in [0.2, 0.25) is 0 Å². The Labute approximate surface area is 177 Å². The summed E-state index contributed by atoms with van der Waals surface area (Å²) in [6, 6.07) is 10.2. The van der Waals surface area contributed by atoms with Gasteiger partial charge < -0.3 is 5.32 Å². The molecule has 1 aliphatic carbocycles. The van der Waals surface area contributed by atoms with E-state index in [4.69, 9.17) is 0 Å². The molecule has 3 rings (SSSR count). The molecular formula is C21H23BrN2OS2. The van der Waals surface area contributed by atoms with Gasteiger partial charge >= 0.3 is 0 Å². The number of hydrogen-bond acceptors (Lipinski definition) is 4. The normalized spacial score (nSPS) is 16.5. The molecule has 6 heteroatoms. The van der Waals surface area contributed by atoms with E-state index in [-0.39, 0.29) is 11.3 Å². The van der Waals surface area contributed by atoms with Gasteiger partial charge in [0.25, 0.3) is 0 Å². The Kier molecular flexibility index (Phi) is 6.35. The fourth-order valence-electron chi connectivity index (χ4n) is 3.37. The number of thiophene rings is 1. The van der Waals surface area contributed by atoms with Crippen LogP contribution in [0.4, 0.5) is 5.00 Å². The molecule has 0 saturated carbocycles. The molecule has 27 heavy (non-hydrogen) atoms. The number of nitrogens with one attached hydrogen (secondary N) is 1. The number of nitrogens with zero attached hydrogens (tertiary/aromatic N) is 1. The first-order valence-electron chi connectivity index (χ1n) is 9.00. The highest BCUT2D eigenvalue weighted by Crippen LogP contribution is 2.44. The predicted molar refractivity (Wildman–Crippen MR) is 117 cm³/mol. The van der Waals surface area contributed by atoms with Gasteiger partial charge in [-0.3, -0.25) is 4.79 Å². The van der Waals surface area contributed by atoms with Gasteiger partial charge in [-0.05, 0) is 60.4 Å². The lowest BCUT2D eigenvalue weighted by atomic mass is 9.72. The average molecular weight is 463 g/mol. The van der Waals surface area contributed by atoms with Gasteiger partial charge in [-0.2, -0.15) is 5.26 Å². The Morgan fingerprint density at radius 3 is 2.70 bits per heavy atom. The number of hydrogen-bond donors (Lipinski definition) is 1. The van der Waals surface area contributed by atoms with E-state index in [9.17, 15) is 10.1 Å². The van der Waals surface area contributed by atoms with E-state index < -0.39 is 0 Å². The maximum atomic E-state index is 12.4. The van der Waals surface area contributed by atoms with Crippen LogP contribution < -0.4 is 5.32 Å². The smallest absolute Gasteiger partial charge is 0.235 e. The third kappa shape index (κ3) is 4.96. The van der Waals surface area contributed by atoms with Crippen LogP contribution in [-0.4, -0.2) is 11.7 Å². The number of amides is 1. The summed E-state index contributed by atoms with van der Waals surface area (Å²) < 4.78 is 1.02. The number of benzene rings is 1. The van der Waals surface area contributed by atoms with Crippen LogP contribution in [0.1, 0.15) is 43.2 Å². The maximum absolute atomic E-state index is 12.4. The zero-order valence-electron chi connectivity index (χ0n) is 15.8. The van der Waals surface area contributed by atoms with Gasteiger partial charge in [0.15, 0.2) is 0 Å². The lowest BCUT2D eigenvalue weighted by Gasteiger charge is -2.33. The van der Waals surface area contributed by atoms with Crippen molar-refractivity contribution >= 4 is 49.9 Å². The molecule has 1 aliphatic rings. The first-order valence-corrected chi connectivity index (χ1v) is 11.6. The van der Waals surface area contributed by atoms with Crippen molar-refractivity contribution in [2.24, 2.45) is 11.3 Å². The third-order valence-electron chi connectivity index (χ3n) is 5.04. The van der Waals surface area contributed by atoms with Crippen LogP contribution in [0.25, 0.3) is 0 Å². The Hall–Kier alpha value is -1.29. The van der Waals surface area contributed by atoms with Crippen LogP contribution in [0.3, 0.4) is 0 Å². The number of thioether (sulfide) groups is 1. The number of carbonyl (C=O) groups is 1. The average Bonchev–Trinajstić information content (AvgIpc) is 2.96. The van der Waals surface area contributed by atoms with Crippen LogP contribution in [0.5, 0.6) is 0 Å². The van der Waals surface area contributed by atoms with Gasteiger partial charge in [-0.25, -0.2) is 0 Å². The van der Waals surface area contributed by atoms with E-state index >= 15 is 0 Å². The van der Waals surface area contributed by atoms with Gasteiger partial charge in [0.05, 0.1) is 11.3 Å². The first kappa shape index (κ1) is 20.4. The first-order chi connectivity index (χ1) is 12.8. The quantitative estimate of drug-likeness (QED) is 0.544. The van der Waals surface area contributed by atoms with Crippen LogP contribution in [-0.2, 0) is 17.6 Å². The van der Waals surface area contributed by atoms with Crippen molar-refractivity contribution in [3.63, 3.8) is 0 Å². The van der Waals surface area contributed by atoms with Gasteiger partial charge in [-0.15, -0.1) is 23.1 Å². The number of anilines is 1. The number of nitriles is 1. The van der Waals surface area contributed by atoms with Crippen LogP contribution >= 0.6 is 39.0 Å². The Balaban J connectivity index is 1.68. The summed E-state index contributed by atoms with van der Waals surface area (Å²) in [6.07, 6.45) is 3.04. The highest BCUT2D eigenvalue weighted by atomic mass is 79.9. The SMILES string of the molecule is CC(C)(C)[C@@H]1CCc2c(sc(NC(=O)CSc3ccc(Br)cc3)c2C#N)C1. The molecule has 1 N–H and O–H groups in total. The van der Waals surface area contributed by atoms with Gasteiger partial charge in [0.2, 0.25) is 5.91 Å². The molecule has 0 bridgehead atoms. The topological polar surface area (TPSA) is 52.9 Å². The van der Waals surface area contributed by atoms with Crippen LogP contribution in [0.15, 0.2) is 33.6 Å². The van der Waals surface area contributed by atoms with E-state index in [2.05, 4.69) is 48.1 Å². The van der Waals surface area contributed by atoms with E-state index in [0.717, 1.165) is 39.2 Å². The zero-order valence-corrected chi connectivity index (χ0v) is 19.0. The molecule has 0 radical (unpaired) electrons. The standard InChI is InChI=1S/C21H23BrN2OS2/c1-21(2,3)13-4-9-16-17(11-23)20(27-18(16)10-13)24-19(25)12-26-15-7-5-14(22)6-8-15/h5-8,13H,4,9-10,12H2,1-3H3,(H,24,25)/t13-/m1/s1. The lowest BCUT2D eigenvalue weighted by Crippen LogP contribution is -2.26.